The summed E-state index contributed by atoms with van der Waals surface area (Å²) >= 11 is 12.4. The van der Waals surface area contributed by atoms with Gasteiger partial charge in [0.15, 0.2) is 11.5 Å². The molecule has 0 aliphatic heterocycles. The van der Waals surface area contributed by atoms with Crippen LogP contribution >= 0.6 is 23.2 Å². The molecule has 6 nitrogen and oxygen atoms in total. The lowest BCUT2D eigenvalue weighted by Gasteiger charge is -2.14. The number of halogens is 2. The van der Waals surface area contributed by atoms with E-state index < -0.39 is 0 Å². The first kappa shape index (κ1) is 23.4. The maximum atomic E-state index is 12.2. The van der Waals surface area contributed by atoms with Crippen LogP contribution in [0.4, 0.5) is 0 Å². The summed E-state index contributed by atoms with van der Waals surface area (Å²) in [4.78, 5) is 12.2. The zero-order chi connectivity index (χ0) is 22.9. The van der Waals surface area contributed by atoms with Crippen LogP contribution in [0.25, 0.3) is 0 Å². The number of benzene rings is 3. The zero-order valence-corrected chi connectivity index (χ0v) is 19.1. The van der Waals surface area contributed by atoms with Crippen molar-refractivity contribution in [2.75, 3.05) is 13.7 Å². The third kappa shape index (κ3) is 6.15. The van der Waals surface area contributed by atoms with Crippen LogP contribution < -0.4 is 19.6 Å². The fraction of sp³-hybridized carbons (Fsp3) is 0.167. The molecule has 0 bridgehead atoms. The summed E-state index contributed by atoms with van der Waals surface area (Å²) in [6.07, 6.45) is 1.53. The van der Waals surface area contributed by atoms with Gasteiger partial charge in [0.25, 0.3) is 5.91 Å². The Morgan fingerprint density at radius 2 is 1.72 bits per heavy atom. The van der Waals surface area contributed by atoms with E-state index in [9.17, 15) is 4.79 Å². The Bertz CT molecular complexity index is 1080. The molecule has 0 atom stereocenters. The first-order valence-corrected chi connectivity index (χ1v) is 10.6. The lowest BCUT2D eigenvalue weighted by molar-refractivity contribution is 0.0955. The highest BCUT2D eigenvalue weighted by Crippen LogP contribution is 2.31. The van der Waals surface area contributed by atoms with Crippen molar-refractivity contribution in [3.63, 3.8) is 0 Å². The molecule has 0 saturated heterocycles. The normalized spacial score (nSPS) is 10.8. The lowest BCUT2D eigenvalue weighted by Crippen LogP contribution is -2.17. The predicted octanol–water partition coefficient (Wildman–Crippen LogP) is 5.74. The Morgan fingerprint density at radius 1 is 1.00 bits per heavy atom. The van der Waals surface area contributed by atoms with Crippen molar-refractivity contribution in [1.82, 2.24) is 5.43 Å². The highest BCUT2D eigenvalue weighted by molar-refractivity contribution is 6.35. The van der Waals surface area contributed by atoms with E-state index in [4.69, 9.17) is 37.4 Å². The summed E-state index contributed by atoms with van der Waals surface area (Å²) in [5.41, 5.74) is 4.40. The van der Waals surface area contributed by atoms with Crippen molar-refractivity contribution < 1.29 is 19.0 Å². The Hall–Kier alpha value is -3.22. The molecule has 166 valence electrons. The second kappa shape index (κ2) is 11.4. The lowest BCUT2D eigenvalue weighted by atomic mass is 10.2. The van der Waals surface area contributed by atoms with Crippen molar-refractivity contribution in [2.45, 2.75) is 13.5 Å². The maximum absolute atomic E-state index is 12.2. The minimum atomic E-state index is -0.328. The van der Waals surface area contributed by atoms with Crippen LogP contribution in [0.15, 0.2) is 65.8 Å². The number of rotatable bonds is 9. The van der Waals surface area contributed by atoms with E-state index in [2.05, 4.69) is 10.5 Å². The molecule has 8 heteroatoms. The standard InChI is InChI=1S/C24H22Cl2N2O4/c1-3-31-23-13-16(14-27-28-24(29)17-8-10-18(30-2)11-9-17)7-12-22(23)32-15-19-20(25)5-4-6-21(19)26/h4-14H,3,15H2,1-2H3,(H,28,29). The molecule has 3 aromatic rings. The van der Waals surface area contributed by atoms with E-state index in [1.54, 1.807) is 67.8 Å². The van der Waals surface area contributed by atoms with Gasteiger partial charge in [0.2, 0.25) is 0 Å². The maximum Gasteiger partial charge on any atom is 0.271 e. The molecule has 0 radical (unpaired) electrons. The van der Waals surface area contributed by atoms with E-state index in [0.29, 0.717) is 45.0 Å². The number of hydrogen-bond donors (Lipinski definition) is 1. The fourth-order valence-electron chi connectivity index (χ4n) is 2.79. The van der Waals surface area contributed by atoms with E-state index >= 15 is 0 Å². The molecule has 0 spiro atoms. The Balaban J connectivity index is 1.67. The van der Waals surface area contributed by atoms with Gasteiger partial charge in [-0.15, -0.1) is 0 Å². The Kier molecular flexibility index (Phi) is 8.36. The van der Waals surface area contributed by atoms with Crippen LogP contribution in [0, 0.1) is 0 Å². The highest BCUT2D eigenvalue weighted by Gasteiger charge is 2.10. The van der Waals surface area contributed by atoms with E-state index in [-0.39, 0.29) is 12.5 Å². The smallest absolute Gasteiger partial charge is 0.271 e. The highest BCUT2D eigenvalue weighted by atomic mass is 35.5. The summed E-state index contributed by atoms with van der Waals surface area (Å²) < 4.78 is 16.7. The molecule has 32 heavy (non-hydrogen) atoms. The molecule has 1 amide bonds. The van der Waals surface area contributed by atoms with Crippen molar-refractivity contribution in [2.24, 2.45) is 5.10 Å². The van der Waals surface area contributed by atoms with Crippen molar-refractivity contribution in [3.8, 4) is 17.2 Å². The molecule has 0 aliphatic carbocycles. The van der Waals surface area contributed by atoms with Crippen LogP contribution in [-0.4, -0.2) is 25.8 Å². The molecule has 0 aliphatic rings. The van der Waals surface area contributed by atoms with Gasteiger partial charge in [-0.3, -0.25) is 4.79 Å². The number of carbonyl (C=O) groups excluding carboxylic acids is 1. The molecule has 0 fully saturated rings. The molecular weight excluding hydrogens is 451 g/mol. The molecule has 0 unspecified atom stereocenters. The summed E-state index contributed by atoms with van der Waals surface area (Å²) in [5, 5.41) is 5.09. The van der Waals surface area contributed by atoms with Gasteiger partial charge in [-0.05, 0) is 67.1 Å². The molecule has 3 aromatic carbocycles. The van der Waals surface area contributed by atoms with Crippen LogP contribution in [0.5, 0.6) is 17.2 Å². The quantitative estimate of drug-likeness (QED) is 0.318. The van der Waals surface area contributed by atoms with Crippen LogP contribution in [0.3, 0.4) is 0 Å². The monoisotopic (exact) mass is 472 g/mol. The second-order valence-corrected chi connectivity index (χ2v) is 7.37. The second-order valence-electron chi connectivity index (χ2n) is 6.56. The average Bonchev–Trinajstić information content (AvgIpc) is 2.80. The van der Waals surface area contributed by atoms with E-state index in [0.717, 1.165) is 5.56 Å². The van der Waals surface area contributed by atoms with Crippen molar-refractivity contribution >= 4 is 35.3 Å². The minimum Gasteiger partial charge on any atom is -0.497 e. The first-order valence-electron chi connectivity index (χ1n) is 9.81. The van der Waals surface area contributed by atoms with Crippen LogP contribution in [-0.2, 0) is 6.61 Å². The van der Waals surface area contributed by atoms with E-state index in [1.165, 1.54) is 6.21 Å². The topological polar surface area (TPSA) is 69.2 Å². The molecule has 0 heterocycles. The van der Waals surface area contributed by atoms with Gasteiger partial charge in [0.05, 0.1) is 19.9 Å². The predicted molar refractivity (Wildman–Crippen MR) is 126 cm³/mol. The molecule has 3 rings (SSSR count). The summed E-state index contributed by atoms with van der Waals surface area (Å²) in [7, 11) is 1.57. The number of ether oxygens (including phenoxy) is 3. The number of methoxy groups -OCH3 is 1. The summed E-state index contributed by atoms with van der Waals surface area (Å²) in [6, 6.07) is 17.4. The SMILES string of the molecule is CCOc1cc(C=NNC(=O)c2ccc(OC)cc2)ccc1OCc1c(Cl)cccc1Cl. The largest absolute Gasteiger partial charge is 0.497 e. The van der Waals surface area contributed by atoms with Gasteiger partial charge in [-0.2, -0.15) is 5.10 Å². The number of hydrazone groups is 1. The summed E-state index contributed by atoms with van der Waals surface area (Å²) in [6.45, 7) is 2.53. The molecule has 0 saturated carbocycles. The Morgan fingerprint density at radius 3 is 2.38 bits per heavy atom. The van der Waals surface area contributed by atoms with Gasteiger partial charge >= 0.3 is 0 Å². The molecule has 0 aromatic heterocycles. The number of carbonyl (C=O) groups is 1. The van der Waals surface area contributed by atoms with Crippen LogP contribution in [0.1, 0.15) is 28.4 Å². The summed E-state index contributed by atoms with van der Waals surface area (Å²) in [5.74, 6) is 1.43. The fourth-order valence-corrected chi connectivity index (χ4v) is 3.29. The molecule has 1 N–H and O–H groups in total. The first-order chi connectivity index (χ1) is 15.5. The number of nitrogens with one attached hydrogen (secondary N) is 1. The van der Waals surface area contributed by atoms with Gasteiger partial charge < -0.3 is 14.2 Å². The van der Waals surface area contributed by atoms with Gasteiger partial charge in [0, 0.05) is 21.2 Å². The van der Waals surface area contributed by atoms with E-state index in [1.807, 2.05) is 6.92 Å². The molecular formula is C24H22Cl2N2O4. The number of hydrogen-bond acceptors (Lipinski definition) is 5. The zero-order valence-electron chi connectivity index (χ0n) is 17.6. The van der Waals surface area contributed by atoms with Gasteiger partial charge in [-0.1, -0.05) is 29.3 Å². The number of amides is 1. The van der Waals surface area contributed by atoms with Crippen molar-refractivity contribution in [1.29, 1.82) is 0 Å². The van der Waals surface area contributed by atoms with Crippen LogP contribution in [0.2, 0.25) is 10.0 Å². The van der Waals surface area contributed by atoms with Gasteiger partial charge in [-0.25, -0.2) is 5.43 Å². The third-order valence-corrected chi connectivity index (χ3v) is 5.14. The minimum absolute atomic E-state index is 0.198. The third-order valence-electron chi connectivity index (χ3n) is 4.43. The Labute approximate surface area is 196 Å². The van der Waals surface area contributed by atoms with Crippen molar-refractivity contribution in [3.05, 3.63) is 87.4 Å². The van der Waals surface area contributed by atoms with Gasteiger partial charge in [0.1, 0.15) is 12.4 Å². The average molecular weight is 473 g/mol. The number of nitrogens with zero attached hydrogens (tertiary/aromatic N) is 1.